The van der Waals surface area contributed by atoms with Crippen LogP contribution in [0, 0.1) is 25.2 Å². The molecule has 8 heteroatoms. The van der Waals surface area contributed by atoms with Crippen molar-refractivity contribution >= 4 is 44.9 Å². The molecule has 1 amide bonds. The number of thioether (sulfide) groups is 1. The van der Waals surface area contributed by atoms with Crippen molar-refractivity contribution in [2.45, 2.75) is 39.3 Å². The summed E-state index contributed by atoms with van der Waals surface area (Å²) >= 11 is 3.10. The Kier molecular flexibility index (Phi) is 8.02. The number of hydrogen-bond donors (Lipinski definition) is 0. The fraction of sp³-hybridized carbons (Fsp3) is 0.391. The molecule has 162 valence electrons. The predicted octanol–water partition coefficient (Wildman–Crippen LogP) is 4.80. The summed E-state index contributed by atoms with van der Waals surface area (Å²) in [4.78, 5) is 28.6. The van der Waals surface area contributed by atoms with Crippen molar-refractivity contribution in [2.75, 3.05) is 30.3 Å². The van der Waals surface area contributed by atoms with E-state index >= 15 is 0 Å². The minimum atomic E-state index is -0.112. The number of fused-ring (bicyclic) bond motifs is 1. The highest BCUT2D eigenvalue weighted by atomic mass is 32.2. The predicted molar refractivity (Wildman–Crippen MR) is 129 cm³/mol. The zero-order valence-corrected chi connectivity index (χ0v) is 20.0. The maximum atomic E-state index is 13.0. The lowest BCUT2D eigenvalue weighted by Gasteiger charge is -2.20. The van der Waals surface area contributed by atoms with Crippen LogP contribution in [0.1, 0.15) is 30.1 Å². The average Bonchev–Trinajstić information content (AvgIpc) is 3.07. The molecule has 1 aromatic carbocycles. The van der Waals surface area contributed by atoms with Crippen molar-refractivity contribution in [2.24, 2.45) is 0 Å². The van der Waals surface area contributed by atoms with Crippen LogP contribution in [-0.4, -0.2) is 46.2 Å². The van der Waals surface area contributed by atoms with Gasteiger partial charge in [0.15, 0.2) is 0 Å². The lowest BCUT2D eigenvalue weighted by atomic mass is 10.2. The monoisotopic (exact) mass is 453 g/mol. The van der Waals surface area contributed by atoms with Crippen LogP contribution < -0.4 is 4.90 Å². The average molecular weight is 454 g/mol. The Morgan fingerprint density at radius 2 is 1.87 bits per heavy atom. The molecule has 0 unspecified atom stereocenters. The molecule has 0 atom stereocenters. The summed E-state index contributed by atoms with van der Waals surface area (Å²) in [5.74, 6) is 0.880. The Labute approximate surface area is 191 Å². The van der Waals surface area contributed by atoms with Gasteiger partial charge in [0.2, 0.25) is 5.91 Å². The highest BCUT2D eigenvalue weighted by Gasteiger charge is 2.20. The van der Waals surface area contributed by atoms with Crippen molar-refractivity contribution in [3.8, 4) is 6.07 Å². The van der Waals surface area contributed by atoms with Gasteiger partial charge in [0.25, 0.3) is 0 Å². The Morgan fingerprint density at radius 3 is 2.52 bits per heavy atom. The van der Waals surface area contributed by atoms with Gasteiger partial charge in [-0.3, -0.25) is 14.6 Å². The molecule has 0 saturated carbocycles. The summed E-state index contributed by atoms with van der Waals surface area (Å²) in [7, 11) is 0. The number of nitrogens with zero attached hydrogens (tertiary/aromatic N) is 5. The zero-order chi connectivity index (χ0) is 22.4. The first-order chi connectivity index (χ1) is 15.0. The van der Waals surface area contributed by atoms with Crippen LogP contribution in [0.4, 0.5) is 5.69 Å². The molecule has 0 fully saturated rings. The number of hydrogen-bond acceptors (Lipinski definition) is 7. The molecule has 0 radical (unpaired) electrons. The largest absolute Gasteiger partial charge is 0.298 e. The number of carbonyl (C=O) groups is 1. The summed E-state index contributed by atoms with van der Waals surface area (Å²) in [6.07, 6.45) is 0. The van der Waals surface area contributed by atoms with E-state index in [4.69, 9.17) is 9.97 Å². The summed E-state index contributed by atoms with van der Waals surface area (Å²) < 4.78 is 0. The van der Waals surface area contributed by atoms with Gasteiger partial charge in [0.05, 0.1) is 18.4 Å². The van der Waals surface area contributed by atoms with Crippen LogP contribution in [0.5, 0.6) is 0 Å². The van der Waals surface area contributed by atoms with Gasteiger partial charge in [0, 0.05) is 16.0 Å². The Bertz CT molecular complexity index is 1090. The lowest BCUT2D eigenvalue weighted by molar-refractivity contribution is -0.116. The topological polar surface area (TPSA) is 73.1 Å². The summed E-state index contributed by atoms with van der Waals surface area (Å²) in [5.41, 5.74) is 1.90. The third-order valence-electron chi connectivity index (χ3n) is 5.23. The molecule has 0 saturated heterocycles. The molecule has 0 bridgehead atoms. The number of benzene rings is 1. The molecule has 0 aliphatic carbocycles. The van der Waals surface area contributed by atoms with E-state index in [-0.39, 0.29) is 18.2 Å². The van der Waals surface area contributed by atoms with Gasteiger partial charge < -0.3 is 0 Å². The molecule has 31 heavy (non-hydrogen) atoms. The number of para-hydroxylation sites is 1. The van der Waals surface area contributed by atoms with E-state index in [0.717, 1.165) is 39.8 Å². The van der Waals surface area contributed by atoms with Crippen molar-refractivity contribution < 1.29 is 4.79 Å². The van der Waals surface area contributed by atoms with Crippen LogP contribution in [0.2, 0.25) is 0 Å². The number of thiophene rings is 1. The molecule has 2 heterocycles. The van der Waals surface area contributed by atoms with Gasteiger partial charge >= 0.3 is 0 Å². The van der Waals surface area contributed by atoms with Gasteiger partial charge in [-0.2, -0.15) is 5.26 Å². The van der Waals surface area contributed by atoms with Crippen molar-refractivity contribution in [3.63, 3.8) is 0 Å². The molecule has 3 rings (SSSR count). The maximum absolute atomic E-state index is 13.0. The summed E-state index contributed by atoms with van der Waals surface area (Å²) in [5, 5.41) is 11.1. The van der Waals surface area contributed by atoms with Gasteiger partial charge in [-0.05, 0) is 44.6 Å². The van der Waals surface area contributed by atoms with E-state index in [2.05, 4.69) is 38.7 Å². The summed E-state index contributed by atoms with van der Waals surface area (Å²) in [6, 6.07) is 11.4. The van der Waals surface area contributed by atoms with E-state index in [1.54, 1.807) is 11.3 Å². The molecule has 0 N–H and O–H groups in total. The third kappa shape index (κ3) is 5.42. The lowest BCUT2D eigenvalue weighted by Crippen LogP contribution is -2.32. The van der Waals surface area contributed by atoms with E-state index in [0.29, 0.717) is 6.54 Å². The third-order valence-corrected chi connectivity index (χ3v) is 7.29. The first-order valence-electron chi connectivity index (χ1n) is 10.3. The number of rotatable bonds is 9. The number of nitriles is 1. The second-order valence-electron chi connectivity index (χ2n) is 7.13. The fourth-order valence-electron chi connectivity index (χ4n) is 3.29. The second-order valence-corrected chi connectivity index (χ2v) is 9.30. The Morgan fingerprint density at radius 1 is 1.16 bits per heavy atom. The summed E-state index contributed by atoms with van der Waals surface area (Å²) in [6.45, 7) is 11.0. The van der Waals surface area contributed by atoms with Crippen molar-refractivity contribution in [1.82, 2.24) is 14.9 Å². The number of anilines is 1. The van der Waals surface area contributed by atoms with Crippen LogP contribution in [0.25, 0.3) is 10.2 Å². The second kappa shape index (κ2) is 10.7. The molecular formula is C23H27N5OS2. The van der Waals surface area contributed by atoms with E-state index in [1.165, 1.54) is 27.1 Å². The van der Waals surface area contributed by atoms with Gasteiger partial charge in [-0.15, -0.1) is 11.3 Å². The van der Waals surface area contributed by atoms with Gasteiger partial charge in [-0.1, -0.05) is 43.8 Å². The van der Waals surface area contributed by atoms with E-state index in [9.17, 15) is 10.1 Å². The van der Waals surface area contributed by atoms with Crippen molar-refractivity contribution in [3.05, 3.63) is 46.6 Å². The first kappa shape index (κ1) is 23.2. The van der Waals surface area contributed by atoms with Crippen LogP contribution in [0.3, 0.4) is 0 Å². The highest BCUT2D eigenvalue weighted by Crippen LogP contribution is 2.35. The smallest absolute Gasteiger partial charge is 0.238 e. The van der Waals surface area contributed by atoms with E-state index < -0.39 is 0 Å². The molecule has 2 aromatic heterocycles. The SMILES string of the molecule is CCN(CC)Cc1nc(SCC(=O)N(CC#N)c2ccccc2)c2c(C)c(C)sc2n1. The molecule has 0 spiro atoms. The van der Waals surface area contributed by atoms with Gasteiger partial charge in [0.1, 0.15) is 22.2 Å². The molecule has 3 aromatic rings. The number of aryl methyl sites for hydroxylation is 2. The number of amides is 1. The zero-order valence-electron chi connectivity index (χ0n) is 18.4. The normalized spacial score (nSPS) is 11.1. The molecule has 6 nitrogen and oxygen atoms in total. The van der Waals surface area contributed by atoms with E-state index in [1.807, 2.05) is 30.3 Å². The quantitative estimate of drug-likeness (QED) is 0.263. The minimum absolute atomic E-state index is 0.0202. The minimum Gasteiger partial charge on any atom is -0.298 e. The van der Waals surface area contributed by atoms with Crippen molar-refractivity contribution in [1.29, 1.82) is 5.26 Å². The number of aromatic nitrogens is 2. The van der Waals surface area contributed by atoms with Crippen LogP contribution in [-0.2, 0) is 11.3 Å². The Balaban J connectivity index is 1.88. The molecule has 0 aliphatic rings. The molecule has 0 aliphatic heterocycles. The van der Waals surface area contributed by atoms with Crippen LogP contribution in [0.15, 0.2) is 35.4 Å². The first-order valence-corrected chi connectivity index (χ1v) is 12.1. The standard InChI is InChI=1S/C23H27N5OS2/c1-5-27(6-2)14-19-25-22(21-16(3)17(4)31-23(21)26-19)30-15-20(29)28(13-12-24)18-10-8-7-9-11-18/h7-11H,5-6,13-15H2,1-4H3. The number of carbonyl (C=O) groups excluding carboxylic acids is 1. The van der Waals surface area contributed by atoms with Crippen LogP contribution >= 0.6 is 23.1 Å². The highest BCUT2D eigenvalue weighted by molar-refractivity contribution is 8.00. The fourth-order valence-corrected chi connectivity index (χ4v) is 5.38. The maximum Gasteiger partial charge on any atom is 0.238 e. The Hall–Kier alpha value is -2.47. The van der Waals surface area contributed by atoms with Gasteiger partial charge in [-0.25, -0.2) is 9.97 Å². The molecular weight excluding hydrogens is 426 g/mol.